The summed E-state index contributed by atoms with van der Waals surface area (Å²) >= 11 is 1.39. The SMILES string of the molecule is CCCn1c(=O)c2sccc2n2c(CCC(=O)NCc3ccccc3F)nnc12. The van der Waals surface area contributed by atoms with E-state index in [1.54, 1.807) is 22.8 Å². The number of nitrogens with zero attached hydrogens (tertiary/aromatic N) is 4. The lowest BCUT2D eigenvalue weighted by molar-refractivity contribution is -0.121. The van der Waals surface area contributed by atoms with Gasteiger partial charge in [-0.25, -0.2) is 4.39 Å². The third-order valence-corrected chi connectivity index (χ3v) is 5.63. The molecule has 0 aliphatic rings. The highest BCUT2D eigenvalue weighted by Gasteiger charge is 2.17. The van der Waals surface area contributed by atoms with Crippen LogP contribution in [0.3, 0.4) is 0 Å². The Labute approximate surface area is 169 Å². The Bertz CT molecular complexity index is 1240. The molecule has 4 rings (SSSR count). The van der Waals surface area contributed by atoms with E-state index in [4.69, 9.17) is 0 Å². The largest absolute Gasteiger partial charge is 0.352 e. The van der Waals surface area contributed by atoms with Crippen LogP contribution in [0.15, 0.2) is 40.5 Å². The molecule has 3 heterocycles. The predicted molar refractivity (Wildman–Crippen MR) is 109 cm³/mol. The minimum Gasteiger partial charge on any atom is -0.352 e. The Morgan fingerprint density at radius 1 is 1.24 bits per heavy atom. The van der Waals surface area contributed by atoms with Crippen LogP contribution in [0.5, 0.6) is 0 Å². The third kappa shape index (κ3) is 3.65. The van der Waals surface area contributed by atoms with E-state index >= 15 is 0 Å². The monoisotopic (exact) mass is 413 g/mol. The van der Waals surface area contributed by atoms with E-state index in [1.807, 2.05) is 22.8 Å². The van der Waals surface area contributed by atoms with Gasteiger partial charge in [-0.05, 0) is 23.9 Å². The van der Waals surface area contributed by atoms with E-state index in [9.17, 15) is 14.0 Å². The molecule has 1 aromatic carbocycles. The molecule has 0 aliphatic carbocycles. The first-order valence-corrected chi connectivity index (χ1v) is 10.3. The van der Waals surface area contributed by atoms with Crippen LogP contribution in [0.4, 0.5) is 4.39 Å². The highest BCUT2D eigenvalue weighted by molar-refractivity contribution is 7.17. The molecule has 0 bridgehead atoms. The van der Waals surface area contributed by atoms with Gasteiger partial charge in [0.25, 0.3) is 5.56 Å². The summed E-state index contributed by atoms with van der Waals surface area (Å²) < 4.78 is 17.8. The number of halogens is 1. The molecule has 0 atom stereocenters. The number of nitrogens with one attached hydrogen (secondary N) is 1. The summed E-state index contributed by atoms with van der Waals surface area (Å²) in [5, 5.41) is 13.0. The van der Waals surface area contributed by atoms with E-state index in [1.165, 1.54) is 17.4 Å². The van der Waals surface area contributed by atoms with Crippen molar-refractivity contribution in [3.8, 4) is 0 Å². The molecule has 0 saturated carbocycles. The maximum absolute atomic E-state index is 13.7. The Hall–Kier alpha value is -3.07. The molecule has 7 nitrogen and oxygen atoms in total. The molecule has 0 unspecified atom stereocenters. The van der Waals surface area contributed by atoms with E-state index in [0.29, 0.717) is 34.8 Å². The van der Waals surface area contributed by atoms with E-state index in [0.717, 1.165) is 11.9 Å². The fourth-order valence-corrected chi connectivity index (χ4v) is 4.14. The Balaban J connectivity index is 1.55. The molecule has 0 saturated heterocycles. The number of aromatic nitrogens is 4. The van der Waals surface area contributed by atoms with Gasteiger partial charge in [0.15, 0.2) is 0 Å². The molecule has 0 fully saturated rings. The van der Waals surface area contributed by atoms with Gasteiger partial charge in [-0.1, -0.05) is 25.1 Å². The van der Waals surface area contributed by atoms with Crippen LogP contribution in [0.1, 0.15) is 31.2 Å². The maximum Gasteiger partial charge on any atom is 0.272 e. The van der Waals surface area contributed by atoms with Gasteiger partial charge in [0.05, 0.1) is 5.52 Å². The first kappa shape index (κ1) is 19.3. The average Bonchev–Trinajstić information content (AvgIpc) is 3.36. The molecule has 0 radical (unpaired) electrons. The summed E-state index contributed by atoms with van der Waals surface area (Å²) in [6, 6.07) is 8.22. The van der Waals surface area contributed by atoms with Gasteiger partial charge in [-0.3, -0.25) is 18.6 Å². The number of carbonyl (C=O) groups is 1. The van der Waals surface area contributed by atoms with E-state index in [-0.39, 0.29) is 30.2 Å². The fraction of sp³-hybridized carbons (Fsp3) is 0.300. The Morgan fingerprint density at radius 3 is 2.86 bits per heavy atom. The lowest BCUT2D eigenvalue weighted by atomic mass is 10.2. The van der Waals surface area contributed by atoms with Crippen LogP contribution in [0, 0.1) is 5.82 Å². The highest BCUT2D eigenvalue weighted by Crippen LogP contribution is 2.20. The van der Waals surface area contributed by atoms with E-state index < -0.39 is 0 Å². The van der Waals surface area contributed by atoms with Crippen LogP contribution >= 0.6 is 11.3 Å². The molecule has 1 N–H and O–H groups in total. The minimum absolute atomic E-state index is 0.0640. The van der Waals surface area contributed by atoms with Crippen LogP contribution in [-0.4, -0.2) is 25.1 Å². The zero-order valence-electron chi connectivity index (χ0n) is 15.9. The zero-order valence-corrected chi connectivity index (χ0v) is 16.7. The van der Waals surface area contributed by atoms with Crippen molar-refractivity contribution in [3.63, 3.8) is 0 Å². The smallest absolute Gasteiger partial charge is 0.272 e. The number of hydrogen-bond acceptors (Lipinski definition) is 5. The molecule has 1 amide bonds. The van der Waals surface area contributed by atoms with Gasteiger partial charge in [-0.2, -0.15) is 0 Å². The Morgan fingerprint density at radius 2 is 2.07 bits per heavy atom. The van der Waals surface area contributed by atoms with Gasteiger partial charge in [0.1, 0.15) is 16.3 Å². The number of benzene rings is 1. The molecule has 0 aliphatic heterocycles. The molecule has 29 heavy (non-hydrogen) atoms. The van der Waals surface area contributed by atoms with Crippen molar-refractivity contribution < 1.29 is 9.18 Å². The first-order valence-electron chi connectivity index (χ1n) is 9.44. The number of hydrogen-bond donors (Lipinski definition) is 1. The van der Waals surface area contributed by atoms with Crippen LogP contribution in [0.25, 0.3) is 16.0 Å². The minimum atomic E-state index is -0.343. The normalized spacial score (nSPS) is 11.4. The molecule has 4 aromatic rings. The molecular formula is C20H20FN5O2S. The van der Waals surface area contributed by atoms with Gasteiger partial charge in [0.2, 0.25) is 11.7 Å². The quantitative estimate of drug-likeness (QED) is 0.505. The summed E-state index contributed by atoms with van der Waals surface area (Å²) in [5.41, 5.74) is 1.14. The summed E-state index contributed by atoms with van der Waals surface area (Å²) in [6.07, 6.45) is 1.35. The lowest BCUT2D eigenvalue weighted by Crippen LogP contribution is -2.24. The molecular weight excluding hydrogens is 393 g/mol. The summed E-state index contributed by atoms with van der Waals surface area (Å²) in [5.74, 6) is 0.567. The third-order valence-electron chi connectivity index (χ3n) is 4.74. The number of thiophene rings is 1. The second kappa shape index (κ2) is 8.12. The van der Waals surface area contributed by atoms with Crippen molar-refractivity contribution in [1.29, 1.82) is 0 Å². The van der Waals surface area contributed by atoms with Crippen molar-refractivity contribution in [2.24, 2.45) is 0 Å². The first-order chi connectivity index (χ1) is 14.1. The van der Waals surface area contributed by atoms with Crippen molar-refractivity contribution >= 4 is 33.2 Å². The molecule has 9 heteroatoms. The van der Waals surface area contributed by atoms with E-state index in [2.05, 4.69) is 15.5 Å². The predicted octanol–water partition coefficient (Wildman–Crippen LogP) is 2.90. The van der Waals surface area contributed by atoms with Gasteiger partial charge in [0, 0.05) is 31.5 Å². The van der Waals surface area contributed by atoms with Crippen molar-refractivity contribution in [1.82, 2.24) is 24.5 Å². The van der Waals surface area contributed by atoms with Crippen molar-refractivity contribution in [3.05, 3.63) is 63.3 Å². The average molecular weight is 413 g/mol. The second-order valence-electron chi connectivity index (χ2n) is 6.71. The van der Waals surface area contributed by atoms with Gasteiger partial charge in [-0.15, -0.1) is 21.5 Å². The number of aryl methyl sites for hydroxylation is 2. The van der Waals surface area contributed by atoms with Gasteiger partial charge < -0.3 is 5.32 Å². The number of amides is 1. The number of rotatable bonds is 7. The van der Waals surface area contributed by atoms with Crippen LogP contribution < -0.4 is 10.9 Å². The standard InChI is InChI=1S/C20H20FN5O2S/c1-2-10-25-19(28)18-15(9-11-29-18)26-16(23-24-20(25)26)7-8-17(27)22-12-13-5-3-4-6-14(13)21/h3-6,9,11H,2,7-8,10,12H2,1H3,(H,22,27). The lowest BCUT2D eigenvalue weighted by Gasteiger charge is -2.08. The van der Waals surface area contributed by atoms with Crippen molar-refractivity contribution in [2.45, 2.75) is 39.3 Å². The Kier molecular flexibility index (Phi) is 5.39. The van der Waals surface area contributed by atoms with Gasteiger partial charge >= 0.3 is 0 Å². The second-order valence-corrected chi connectivity index (χ2v) is 7.63. The van der Waals surface area contributed by atoms with Crippen LogP contribution in [0.2, 0.25) is 0 Å². The summed E-state index contributed by atoms with van der Waals surface area (Å²) in [4.78, 5) is 25.0. The molecule has 0 spiro atoms. The molecule has 3 aromatic heterocycles. The topological polar surface area (TPSA) is 81.3 Å². The summed E-state index contributed by atoms with van der Waals surface area (Å²) in [7, 11) is 0. The zero-order chi connectivity index (χ0) is 20.4. The van der Waals surface area contributed by atoms with Crippen LogP contribution in [-0.2, 0) is 24.3 Å². The molecule has 150 valence electrons. The summed E-state index contributed by atoms with van der Waals surface area (Å²) in [6.45, 7) is 2.69. The number of carbonyl (C=O) groups excluding carboxylic acids is 1. The fourth-order valence-electron chi connectivity index (χ4n) is 3.32. The number of fused-ring (bicyclic) bond motifs is 3. The van der Waals surface area contributed by atoms with Crippen molar-refractivity contribution in [2.75, 3.05) is 0 Å². The maximum atomic E-state index is 13.7. The highest BCUT2D eigenvalue weighted by atomic mass is 32.1.